The first-order valence-electron chi connectivity index (χ1n) is 9.44. The minimum atomic E-state index is -0.326. The Hall–Kier alpha value is -1.85. The monoisotopic (exact) mass is 405 g/mol. The van der Waals surface area contributed by atoms with Crippen LogP contribution in [0.4, 0.5) is 5.00 Å². The molecule has 144 valence electrons. The number of esters is 1. The first-order chi connectivity index (χ1) is 13.1. The number of carbonyl (C=O) groups is 2. The molecule has 1 heterocycles. The third-order valence-corrected chi connectivity index (χ3v) is 6.15. The zero-order chi connectivity index (χ0) is 19.2. The molecule has 4 nitrogen and oxygen atoms in total. The van der Waals surface area contributed by atoms with Crippen LogP contribution in [0.25, 0.3) is 0 Å². The van der Waals surface area contributed by atoms with Gasteiger partial charge in [-0.25, -0.2) is 4.79 Å². The topological polar surface area (TPSA) is 55.4 Å². The lowest BCUT2D eigenvalue weighted by atomic mass is 9.95. The van der Waals surface area contributed by atoms with E-state index in [-0.39, 0.29) is 11.9 Å². The number of amides is 1. The molecule has 0 atom stereocenters. The second-order valence-electron chi connectivity index (χ2n) is 6.66. The molecular formula is C21H24ClNO3S. The van der Waals surface area contributed by atoms with Gasteiger partial charge in [-0.1, -0.05) is 23.7 Å². The summed E-state index contributed by atoms with van der Waals surface area (Å²) in [6.07, 6.45) is 6.02. The van der Waals surface area contributed by atoms with Crippen LogP contribution in [0, 0.1) is 0 Å². The van der Waals surface area contributed by atoms with Crippen LogP contribution in [0.3, 0.4) is 0 Å². The van der Waals surface area contributed by atoms with Gasteiger partial charge >= 0.3 is 5.97 Å². The Morgan fingerprint density at radius 3 is 2.67 bits per heavy atom. The largest absolute Gasteiger partial charge is 0.462 e. The van der Waals surface area contributed by atoms with Crippen molar-refractivity contribution in [1.29, 1.82) is 0 Å². The number of anilines is 1. The van der Waals surface area contributed by atoms with E-state index in [9.17, 15) is 9.59 Å². The second kappa shape index (κ2) is 9.38. The van der Waals surface area contributed by atoms with Crippen LogP contribution in [-0.4, -0.2) is 18.5 Å². The average molecular weight is 406 g/mol. The van der Waals surface area contributed by atoms with Gasteiger partial charge < -0.3 is 10.1 Å². The normalized spacial score (nSPS) is 13.1. The van der Waals surface area contributed by atoms with Gasteiger partial charge in [-0.2, -0.15) is 0 Å². The molecule has 1 aliphatic carbocycles. The maximum atomic E-state index is 12.4. The highest BCUT2D eigenvalue weighted by molar-refractivity contribution is 7.17. The highest BCUT2D eigenvalue weighted by Crippen LogP contribution is 2.38. The van der Waals surface area contributed by atoms with Crippen LogP contribution in [0.1, 0.15) is 59.0 Å². The first-order valence-corrected chi connectivity index (χ1v) is 10.6. The number of hydrogen-bond donors (Lipinski definition) is 1. The molecule has 1 N–H and O–H groups in total. The van der Waals surface area contributed by atoms with E-state index in [2.05, 4.69) is 5.32 Å². The van der Waals surface area contributed by atoms with Gasteiger partial charge in [-0.3, -0.25) is 4.79 Å². The molecule has 0 aliphatic heterocycles. The minimum absolute atomic E-state index is 0.0619. The summed E-state index contributed by atoms with van der Waals surface area (Å²) >= 11 is 7.42. The molecule has 2 aromatic rings. The first kappa shape index (κ1) is 19.9. The summed E-state index contributed by atoms with van der Waals surface area (Å²) < 4.78 is 5.23. The Kier molecular flexibility index (Phi) is 6.91. The van der Waals surface area contributed by atoms with E-state index in [1.807, 2.05) is 24.3 Å². The van der Waals surface area contributed by atoms with E-state index in [0.29, 0.717) is 28.6 Å². The van der Waals surface area contributed by atoms with Crippen LogP contribution in [-0.2, 0) is 28.8 Å². The van der Waals surface area contributed by atoms with Crippen molar-refractivity contribution in [2.45, 2.75) is 51.9 Å². The third-order valence-electron chi connectivity index (χ3n) is 4.69. The SMILES string of the molecule is CCOC(=O)c1c(NC(=O)CCCc2ccc(Cl)cc2)sc2c1CCCC2. The smallest absolute Gasteiger partial charge is 0.341 e. The fourth-order valence-corrected chi connectivity index (χ4v) is 4.79. The van der Waals surface area contributed by atoms with Gasteiger partial charge in [0, 0.05) is 16.3 Å². The predicted octanol–water partition coefficient (Wildman–Crippen LogP) is 5.42. The maximum absolute atomic E-state index is 12.4. The van der Waals surface area contributed by atoms with E-state index in [1.54, 1.807) is 6.92 Å². The summed E-state index contributed by atoms with van der Waals surface area (Å²) in [6, 6.07) is 7.68. The summed E-state index contributed by atoms with van der Waals surface area (Å²) in [5.74, 6) is -0.388. The molecule has 27 heavy (non-hydrogen) atoms. The molecule has 0 spiro atoms. The summed E-state index contributed by atoms with van der Waals surface area (Å²) in [5.41, 5.74) is 2.80. The van der Waals surface area contributed by atoms with Gasteiger partial charge in [0.05, 0.1) is 12.2 Å². The molecule has 0 radical (unpaired) electrons. The minimum Gasteiger partial charge on any atom is -0.462 e. The lowest BCUT2D eigenvalue weighted by Crippen LogP contribution is -2.15. The van der Waals surface area contributed by atoms with Crippen molar-refractivity contribution in [3.63, 3.8) is 0 Å². The number of benzene rings is 1. The summed E-state index contributed by atoms with van der Waals surface area (Å²) in [5, 5.41) is 4.32. The van der Waals surface area contributed by atoms with Gasteiger partial charge in [-0.15, -0.1) is 11.3 Å². The summed E-state index contributed by atoms with van der Waals surface area (Å²) in [7, 11) is 0. The number of hydrogen-bond acceptors (Lipinski definition) is 4. The summed E-state index contributed by atoms with van der Waals surface area (Å²) in [4.78, 5) is 26.1. The number of halogens is 1. The molecule has 0 fully saturated rings. The Bertz CT molecular complexity index is 814. The lowest BCUT2D eigenvalue weighted by molar-refractivity contribution is -0.116. The Morgan fingerprint density at radius 2 is 1.93 bits per heavy atom. The van der Waals surface area contributed by atoms with E-state index in [1.165, 1.54) is 16.2 Å². The average Bonchev–Trinajstić information content (AvgIpc) is 3.01. The van der Waals surface area contributed by atoms with Gasteiger partial charge in [0.2, 0.25) is 5.91 Å². The van der Waals surface area contributed by atoms with Crippen molar-refractivity contribution >= 4 is 39.8 Å². The number of ether oxygens (including phenoxy) is 1. The molecule has 3 rings (SSSR count). The van der Waals surface area contributed by atoms with Crippen LogP contribution in [0.5, 0.6) is 0 Å². The van der Waals surface area contributed by atoms with Gasteiger partial charge in [-0.05, 0) is 68.7 Å². The quantitative estimate of drug-likeness (QED) is 0.626. The lowest BCUT2D eigenvalue weighted by Gasteiger charge is -2.12. The van der Waals surface area contributed by atoms with Gasteiger partial charge in [0.1, 0.15) is 5.00 Å². The molecule has 1 aromatic heterocycles. The molecule has 1 aromatic carbocycles. The number of fused-ring (bicyclic) bond motifs is 1. The fourth-order valence-electron chi connectivity index (χ4n) is 3.37. The molecule has 0 unspecified atom stereocenters. The highest BCUT2D eigenvalue weighted by atomic mass is 35.5. The number of aryl methyl sites for hydroxylation is 2. The number of carbonyl (C=O) groups excluding carboxylic acids is 2. The molecule has 1 aliphatic rings. The van der Waals surface area contributed by atoms with Crippen LogP contribution >= 0.6 is 22.9 Å². The van der Waals surface area contributed by atoms with Gasteiger partial charge in [0.15, 0.2) is 0 Å². The zero-order valence-corrected chi connectivity index (χ0v) is 17.0. The number of nitrogens with one attached hydrogen (secondary N) is 1. The molecule has 0 saturated carbocycles. The van der Waals surface area contributed by atoms with E-state index in [4.69, 9.17) is 16.3 Å². The number of rotatable bonds is 7. The van der Waals surface area contributed by atoms with Crippen molar-refractivity contribution in [2.75, 3.05) is 11.9 Å². The van der Waals surface area contributed by atoms with Crippen molar-refractivity contribution < 1.29 is 14.3 Å². The van der Waals surface area contributed by atoms with Gasteiger partial charge in [0.25, 0.3) is 0 Å². The fraction of sp³-hybridized carbons (Fsp3) is 0.429. The van der Waals surface area contributed by atoms with Crippen molar-refractivity contribution in [3.05, 3.63) is 50.9 Å². The number of thiophene rings is 1. The van der Waals surface area contributed by atoms with Crippen molar-refractivity contribution in [2.24, 2.45) is 0 Å². The van der Waals surface area contributed by atoms with Crippen LogP contribution in [0.15, 0.2) is 24.3 Å². The van der Waals surface area contributed by atoms with E-state index < -0.39 is 0 Å². The standard InChI is InChI=1S/C21H24ClNO3S/c1-2-26-21(25)19-16-7-3-4-8-17(16)27-20(19)23-18(24)9-5-6-14-10-12-15(22)13-11-14/h10-13H,2-9H2,1H3,(H,23,24). The third kappa shape index (κ3) is 5.11. The molecular weight excluding hydrogens is 382 g/mol. The molecule has 0 saturated heterocycles. The summed E-state index contributed by atoms with van der Waals surface area (Å²) in [6.45, 7) is 2.13. The molecule has 6 heteroatoms. The van der Waals surface area contributed by atoms with Crippen LogP contribution < -0.4 is 5.32 Å². The maximum Gasteiger partial charge on any atom is 0.341 e. The zero-order valence-electron chi connectivity index (χ0n) is 15.5. The Labute approximate surface area is 168 Å². The van der Waals surface area contributed by atoms with Crippen molar-refractivity contribution in [1.82, 2.24) is 0 Å². The van der Waals surface area contributed by atoms with E-state index in [0.717, 1.165) is 49.7 Å². The Morgan fingerprint density at radius 1 is 1.19 bits per heavy atom. The predicted molar refractivity (Wildman–Crippen MR) is 110 cm³/mol. The molecule has 0 bridgehead atoms. The second-order valence-corrected chi connectivity index (χ2v) is 8.21. The van der Waals surface area contributed by atoms with E-state index >= 15 is 0 Å². The Balaban J connectivity index is 1.63. The molecule has 1 amide bonds. The van der Waals surface area contributed by atoms with Crippen LogP contribution in [0.2, 0.25) is 5.02 Å². The van der Waals surface area contributed by atoms with Crippen molar-refractivity contribution in [3.8, 4) is 0 Å². The highest BCUT2D eigenvalue weighted by Gasteiger charge is 2.27.